The summed E-state index contributed by atoms with van der Waals surface area (Å²) in [5.74, 6) is 0. The molecule has 0 N–H and O–H groups in total. The predicted molar refractivity (Wildman–Crippen MR) is 75.4 cm³/mol. The van der Waals surface area contributed by atoms with Crippen molar-refractivity contribution in [2.24, 2.45) is 8.80 Å². The fraction of sp³-hybridized carbons (Fsp3) is 0. The Labute approximate surface area is 112 Å². The van der Waals surface area contributed by atoms with Crippen molar-refractivity contribution in [3.05, 3.63) is 48.5 Å². The third kappa shape index (κ3) is 5.48. The van der Waals surface area contributed by atoms with Gasteiger partial charge in [0.25, 0.3) is 0 Å². The molecule has 0 unspecified atom stereocenters. The molecule has 0 saturated carbocycles. The van der Waals surface area contributed by atoms with Crippen molar-refractivity contribution < 1.29 is 9.59 Å². The van der Waals surface area contributed by atoms with Gasteiger partial charge in [-0.15, -0.1) is 8.80 Å². The number of benzene rings is 2. The minimum atomic E-state index is 0.767. The first-order chi connectivity index (χ1) is 8.88. The fourth-order valence-electron chi connectivity index (χ4n) is 1.20. The molecule has 0 radical (unpaired) electrons. The summed E-state index contributed by atoms with van der Waals surface area (Å²) in [7, 11) is 1.53. The Morgan fingerprint density at radius 1 is 0.722 bits per heavy atom. The van der Waals surface area contributed by atoms with Gasteiger partial charge in [-0.3, -0.25) is 0 Å². The molecule has 0 fully saturated rings. The van der Waals surface area contributed by atoms with E-state index in [9.17, 15) is 9.59 Å². The molecule has 0 spiro atoms. The van der Waals surface area contributed by atoms with E-state index in [-0.39, 0.29) is 0 Å². The summed E-state index contributed by atoms with van der Waals surface area (Å²) in [5.41, 5.74) is 0. The summed E-state index contributed by atoms with van der Waals surface area (Å²) < 4.78 is 6.02. The van der Waals surface area contributed by atoms with Crippen LogP contribution in [-0.4, -0.2) is 12.2 Å². The van der Waals surface area contributed by atoms with Gasteiger partial charge in [-0.2, -0.15) is 0 Å². The number of isocyanates is 2. The van der Waals surface area contributed by atoms with Gasteiger partial charge in [0.15, 0.2) is 0 Å². The van der Waals surface area contributed by atoms with Gasteiger partial charge in [-0.25, -0.2) is 9.59 Å². The van der Waals surface area contributed by atoms with Crippen LogP contribution in [0.4, 0.5) is 0 Å². The lowest BCUT2D eigenvalue weighted by atomic mass is 10.1. The van der Waals surface area contributed by atoms with Gasteiger partial charge < -0.3 is 0 Å². The third-order valence-electron chi connectivity index (χ3n) is 1.84. The van der Waals surface area contributed by atoms with E-state index < -0.39 is 0 Å². The summed E-state index contributed by atoms with van der Waals surface area (Å²) >= 11 is 0. The second kappa shape index (κ2) is 9.22. The van der Waals surface area contributed by atoms with Crippen LogP contribution in [0.25, 0.3) is 10.8 Å². The molecule has 0 aromatic heterocycles. The highest BCUT2D eigenvalue weighted by Gasteiger charge is 1.85. The van der Waals surface area contributed by atoms with E-state index in [1.54, 1.807) is 0 Å². The lowest BCUT2D eigenvalue weighted by Gasteiger charge is -1.92. The van der Waals surface area contributed by atoms with Gasteiger partial charge >= 0.3 is 0 Å². The predicted octanol–water partition coefficient (Wildman–Crippen LogP) is 3.71. The van der Waals surface area contributed by atoms with E-state index in [1.165, 1.54) is 22.9 Å². The van der Waals surface area contributed by atoms with Gasteiger partial charge in [-0.05, 0) is 10.8 Å². The molecule has 0 aliphatic rings. The first-order valence-electron chi connectivity index (χ1n) is 4.79. The molecule has 6 heteroatoms. The lowest BCUT2D eigenvalue weighted by molar-refractivity contribution is 0.565. The standard InChI is InChI=1S/C10H8.C2N2O2S2/c1-2-6-10-8-4-3-7-9(10)5-1;5-1-3-7-8-4-2-6/h1-8H;. The number of nitrogens with zero attached hydrogens (tertiary/aromatic N) is 2. The van der Waals surface area contributed by atoms with Crippen molar-refractivity contribution in [2.75, 3.05) is 0 Å². The second-order valence-electron chi connectivity index (χ2n) is 2.86. The molecule has 18 heavy (non-hydrogen) atoms. The molecule has 0 amide bonds. The van der Waals surface area contributed by atoms with Gasteiger partial charge in [0, 0.05) is 0 Å². The van der Waals surface area contributed by atoms with Gasteiger partial charge in [0.05, 0.1) is 22.0 Å². The highest BCUT2D eigenvalue weighted by Crippen LogP contribution is 2.21. The summed E-state index contributed by atoms with van der Waals surface area (Å²) in [6, 6.07) is 16.7. The Morgan fingerprint density at radius 2 is 1.06 bits per heavy atom. The molecule has 2 aromatic rings. The molecular weight excluding hydrogens is 268 g/mol. The fourth-order valence-corrected chi connectivity index (χ4v) is 1.71. The molecule has 0 heterocycles. The van der Waals surface area contributed by atoms with Crippen LogP contribution in [-0.2, 0) is 9.59 Å². The molecule has 0 atom stereocenters. The van der Waals surface area contributed by atoms with Crippen LogP contribution in [0.1, 0.15) is 0 Å². The molecule has 0 aliphatic carbocycles. The molecule has 2 rings (SSSR count). The number of carbonyl (C=O) groups excluding carboxylic acids is 2. The Hall–Kier alpha value is -1.84. The molecule has 0 saturated heterocycles. The molecule has 90 valence electrons. The first kappa shape index (κ1) is 14.2. The quantitative estimate of drug-likeness (QED) is 0.282. The highest BCUT2D eigenvalue weighted by molar-refractivity contribution is 8.75. The molecular formula is C12H8N2O2S2. The summed E-state index contributed by atoms with van der Waals surface area (Å²) in [6.45, 7) is 0. The number of fused-ring (bicyclic) bond motifs is 1. The van der Waals surface area contributed by atoms with Gasteiger partial charge in [0.2, 0.25) is 12.2 Å². The lowest BCUT2D eigenvalue weighted by Crippen LogP contribution is -1.67. The van der Waals surface area contributed by atoms with Crippen molar-refractivity contribution in [3.8, 4) is 0 Å². The van der Waals surface area contributed by atoms with Crippen LogP contribution in [0.3, 0.4) is 0 Å². The molecule has 4 nitrogen and oxygen atoms in total. The Bertz CT molecular complexity index is 508. The smallest absolute Gasteiger partial charge is 0.210 e. The molecule has 0 bridgehead atoms. The number of hydrogen-bond donors (Lipinski definition) is 0. The SMILES string of the molecule is O=C=NSSN=C=O.c1ccc2ccccc2c1. The van der Waals surface area contributed by atoms with Gasteiger partial charge in [0.1, 0.15) is 0 Å². The Kier molecular flexibility index (Phi) is 7.28. The van der Waals surface area contributed by atoms with Crippen molar-refractivity contribution in [1.82, 2.24) is 0 Å². The summed E-state index contributed by atoms with van der Waals surface area (Å²) in [6.07, 6.45) is 2.51. The molecule has 2 aromatic carbocycles. The van der Waals surface area contributed by atoms with E-state index in [0.717, 1.165) is 22.0 Å². The Morgan fingerprint density at radius 3 is 1.33 bits per heavy atom. The maximum Gasteiger partial charge on any atom is 0.248 e. The summed E-state index contributed by atoms with van der Waals surface area (Å²) in [5, 5.41) is 2.62. The number of hydrogen-bond acceptors (Lipinski definition) is 6. The second-order valence-corrected chi connectivity index (χ2v) is 4.42. The monoisotopic (exact) mass is 276 g/mol. The Balaban J connectivity index is 0.000000187. The minimum Gasteiger partial charge on any atom is -0.210 e. The topological polar surface area (TPSA) is 58.9 Å². The maximum absolute atomic E-state index is 9.30. The first-order valence-corrected chi connectivity index (χ1v) is 6.86. The zero-order valence-corrected chi connectivity index (χ0v) is 10.8. The largest absolute Gasteiger partial charge is 0.248 e. The summed E-state index contributed by atoms with van der Waals surface area (Å²) in [4.78, 5) is 18.6. The van der Waals surface area contributed by atoms with Gasteiger partial charge in [-0.1, -0.05) is 48.5 Å². The zero-order valence-electron chi connectivity index (χ0n) is 9.15. The highest BCUT2D eigenvalue weighted by atomic mass is 33.1. The zero-order chi connectivity index (χ0) is 13.1. The maximum atomic E-state index is 9.30. The van der Waals surface area contributed by atoms with E-state index >= 15 is 0 Å². The van der Waals surface area contributed by atoms with Crippen LogP contribution >= 0.6 is 22.0 Å². The van der Waals surface area contributed by atoms with Crippen LogP contribution in [0, 0.1) is 0 Å². The average molecular weight is 276 g/mol. The average Bonchev–Trinajstić information content (AvgIpc) is 2.45. The third-order valence-corrected chi connectivity index (χ3v) is 2.85. The minimum absolute atomic E-state index is 0.767. The van der Waals surface area contributed by atoms with Crippen LogP contribution in [0.2, 0.25) is 0 Å². The van der Waals surface area contributed by atoms with Crippen LogP contribution in [0.5, 0.6) is 0 Å². The van der Waals surface area contributed by atoms with Crippen LogP contribution < -0.4 is 0 Å². The van der Waals surface area contributed by atoms with Crippen LogP contribution in [0.15, 0.2) is 57.3 Å². The van der Waals surface area contributed by atoms with Crippen molar-refractivity contribution in [3.63, 3.8) is 0 Å². The van der Waals surface area contributed by atoms with Crippen molar-refractivity contribution >= 4 is 44.9 Å². The normalized spacial score (nSPS) is 8.44. The van der Waals surface area contributed by atoms with E-state index in [2.05, 4.69) is 57.3 Å². The van der Waals surface area contributed by atoms with E-state index in [1.807, 2.05) is 0 Å². The number of rotatable bonds is 3. The van der Waals surface area contributed by atoms with Crippen molar-refractivity contribution in [1.29, 1.82) is 0 Å². The molecule has 0 aliphatic heterocycles. The van der Waals surface area contributed by atoms with E-state index in [0.29, 0.717) is 0 Å². The van der Waals surface area contributed by atoms with E-state index in [4.69, 9.17) is 0 Å². The van der Waals surface area contributed by atoms with Crippen molar-refractivity contribution in [2.45, 2.75) is 0 Å².